The largest absolute Gasteiger partial charge is 0.493 e. The summed E-state index contributed by atoms with van der Waals surface area (Å²) in [6.07, 6.45) is 0.684. The fourth-order valence-corrected chi connectivity index (χ4v) is 3.71. The molecule has 0 saturated carbocycles. The lowest BCUT2D eigenvalue weighted by Crippen LogP contribution is -2.36. The number of carbonyl (C=O) groups is 1. The van der Waals surface area contributed by atoms with Gasteiger partial charge in [-0.05, 0) is 54.0 Å². The Kier molecular flexibility index (Phi) is 4.35. The molecule has 0 atom stereocenters. The van der Waals surface area contributed by atoms with Crippen LogP contribution in [-0.4, -0.2) is 41.5 Å². The van der Waals surface area contributed by atoms with E-state index in [0.717, 1.165) is 11.1 Å². The molecule has 0 saturated heterocycles. The molecule has 1 aliphatic rings. The van der Waals surface area contributed by atoms with Crippen molar-refractivity contribution in [3.8, 4) is 11.5 Å². The predicted molar refractivity (Wildman–Crippen MR) is 101 cm³/mol. The number of ether oxygens (including phenoxy) is 2. The molecule has 1 amide bonds. The highest BCUT2D eigenvalue weighted by molar-refractivity contribution is 7.71. The van der Waals surface area contributed by atoms with E-state index in [2.05, 4.69) is 9.97 Å². The van der Waals surface area contributed by atoms with E-state index in [4.69, 9.17) is 21.7 Å². The summed E-state index contributed by atoms with van der Waals surface area (Å²) in [4.78, 5) is 20.6. The first kappa shape index (κ1) is 17.5. The summed E-state index contributed by atoms with van der Waals surface area (Å²) in [6.45, 7) is 0.947. The van der Waals surface area contributed by atoms with Crippen molar-refractivity contribution in [1.29, 1.82) is 0 Å². The summed E-state index contributed by atoms with van der Waals surface area (Å²) < 4.78 is 25.0. The van der Waals surface area contributed by atoms with E-state index in [1.54, 1.807) is 19.1 Å². The van der Waals surface area contributed by atoms with Crippen LogP contribution < -0.4 is 9.47 Å². The molecule has 0 fully saturated rings. The maximum Gasteiger partial charge on any atom is 0.256 e. The van der Waals surface area contributed by atoms with Crippen LogP contribution in [-0.2, 0) is 13.0 Å². The van der Waals surface area contributed by atoms with Crippen LogP contribution in [0.15, 0.2) is 24.3 Å². The van der Waals surface area contributed by atoms with Crippen molar-refractivity contribution in [2.45, 2.75) is 13.0 Å². The first-order chi connectivity index (χ1) is 13.0. The van der Waals surface area contributed by atoms with E-state index >= 15 is 0 Å². The van der Waals surface area contributed by atoms with Crippen LogP contribution in [0.1, 0.15) is 21.5 Å². The van der Waals surface area contributed by atoms with Crippen molar-refractivity contribution in [1.82, 2.24) is 14.9 Å². The van der Waals surface area contributed by atoms with Crippen molar-refractivity contribution in [2.24, 2.45) is 0 Å². The third kappa shape index (κ3) is 3.06. The fraction of sp³-hybridized carbons (Fsp3) is 0.263. The molecule has 0 spiro atoms. The second kappa shape index (κ2) is 6.70. The van der Waals surface area contributed by atoms with Crippen LogP contribution in [0.25, 0.3) is 11.0 Å². The Bertz CT molecular complexity index is 1110. The molecule has 3 aromatic rings. The van der Waals surface area contributed by atoms with Gasteiger partial charge in [0.2, 0.25) is 0 Å². The molecule has 4 rings (SSSR count). The highest BCUT2D eigenvalue weighted by Gasteiger charge is 2.25. The highest BCUT2D eigenvalue weighted by atomic mass is 32.1. The number of methoxy groups -OCH3 is 2. The highest BCUT2D eigenvalue weighted by Crippen LogP contribution is 2.33. The molecule has 2 aromatic carbocycles. The van der Waals surface area contributed by atoms with Crippen LogP contribution in [0.5, 0.6) is 11.5 Å². The lowest BCUT2D eigenvalue weighted by molar-refractivity contribution is 0.0735. The van der Waals surface area contributed by atoms with Crippen molar-refractivity contribution in [3.63, 3.8) is 0 Å². The zero-order valence-electron chi connectivity index (χ0n) is 14.9. The molecule has 140 valence electrons. The fourth-order valence-electron chi connectivity index (χ4n) is 3.50. The molecule has 0 bridgehead atoms. The Morgan fingerprint density at radius 3 is 2.52 bits per heavy atom. The Balaban J connectivity index is 1.70. The van der Waals surface area contributed by atoms with Crippen molar-refractivity contribution in [3.05, 3.63) is 51.5 Å². The monoisotopic (exact) mass is 387 g/mol. The molecule has 1 aliphatic heterocycles. The number of imidazole rings is 1. The maximum absolute atomic E-state index is 14.0. The number of aromatic amines is 2. The average Bonchev–Trinajstić information content (AvgIpc) is 3.04. The quantitative estimate of drug-likeness (QED) is 0.674. The molecular formula is C19H18FN3O3S. The molecule has 0 radical (unpaired) electrons. The second-order valence-corrected chi connectivity index (χ2v) is 6.82. The molecule has 8 heteroatoms. The summed E-state index contributed by atoms with van der Waals surface area (Å²) in [5, 5.41) is 0. The van der Waals surface area contributed by atoms with Crippen molar-refractivity contribution in [2.75, 3.05) is 20.8 Å². The summed E-state index contributed by atoms with van der Waals surface area (Å²) in [7, 11) is 3.17. The smallest absolute Gasteiger partial charge is 0.256 e. The van der Waals surface area contributed by atoms with Crippen LogP contribution in [0.4, 0.5) is 4.39 Å². The molecular weight excluding hydrogens is 369 g/mol. The predicted octanol–water partition coefficient (Wildman–Crippen LogP) is 3.58. The molecule has 2 N–H and O–H groups in total. The first-order valence-corrected chi connectivity index (χ1v) is 8.85. The molecule has 0 unspecified atom stereocenters. The van der Waals surface area contributed by atoms with Gasteiger partial charge in [0.15, 0.2) is 16.3 Å². The number of nitrogens with zero attached hydrogens (tertiary/aromatic N) is 1. The van der Waals surface area contributed by atoms with E-state index in [0.29, 0.717) is 46.8 Å². The van der Waals surface area contributed by atoms with Gasteiger partial charge in [-0.2, -0.15) is 0 Å². The molecule has 2 heterocycles. The van der Waals surface area contributed by atoms with E-state index in [1.807, 2.05) is 12.1 Å². The zero-order chi connectivity index (χ0) is 19.1. The number of carbonyl (C=O) groups excluding carboxylic acids is 1. The number of benzene rings is 2. The van der Waals surface area contributed by atoms with E-state index in [9.17, 15) is 9.18 Å². The lowest BCUT2D eigenvalue weighted by atomic mass is 9.98. The van der Waals surface area contributed by atoms with E-state index in [1.165, 1.54) is 12.1 Å². The Morgan fingerprint density at radius 2 is 1.81 bits per heavy atom. The standard InChI is InChI=1S/C19H18FN3O3S/c1-25-15-5-10-3-4-23(9-11(10)6-16(15)26-2)18(24)13-7-12(20)8-14-17(13)22-19(27)21-14/h5-8H,3-4,9H2,1-2H3,(H2,21,22,27). The number of rotatable bonds is 3. The Hall–Kier alpha value is -2.87. The van der Waals surface area contributed by atoms with Crippen molar-refractivity contribution < 1.29 is 18.7 Å². The van der Waals surface area contributed by atoms with E-state index < -0.39 is 5.82 Å². The third-order valence-corrected chi connectivity index (χ3v) is 5.03. The van der Waals surface area contributed by atoms with Crippen LogP contribution in [0.3, 0.4) is 0 Å². The summed E-state index contributed by atoms with van der Waals surface area (Å²) in [5.74, 6) is 0.557. The minimum atomic E-state index is -0.486. The SMILES string of the molecule is COc1cc2c(cc1OC)CN(C(=O)c1cc(F)cc3[nH]c(=S)[nH]c13)CC2. The summed E-state index contributed by atoms with van der Waals surface area (Å²) in [5.41, 5.74) is 3.36. The summed E-state index contributed by atoms with van der Waals surface area (Å²) in [6, 6.07) is 6.40. The number of hydrogen-bond acceptors (Lipinski definition) is 4. The Labute approximate surface area is 159 Å². The van der Waals surface area contributed by atoms with Gasteiger partial charge in [0.1, 0.15) is 5.82 Å². The molecule has 27 heavy (non-hydrogen) atoms. The van der Waals surface area contributed by atoms with E-state index in [-0.39, 0.29) is 11.5 Å². The van der Waals surface area contributed by atoms with Gasteiger partial charge >= 0.3 is 0 Å². The molecule has 6 nitrogen and oxygen atoms in total. The van der Waals surface area contributed by atoms with Crippen LogP contribution >= 0.6 is 12.2 Å². The van der Waals surface area contributed by atoms with Gasteiger partial charge in [-0.3, -0.25) is 4.79 Å². The number of halogens is 1. The first-order valence-electron chi connectivity index (χ1n) is 8.44. The van der Waals surface area contributed by atoms with Gasteiger partial charge in [0.25, 0.3) is 5.91 Å². The number of H-pyrrole nitrogens is 2. The third-order valence-electron chi connectivity index (χ3n) is 4.83. The minimum Gasteiger partial charge on any atom is -0.493 e. The van der Waals surface area contributed by atoms with Gasteiger partial charge in [-0.15, -0.1) is 0 Å². The average molecular weight is 387 g/mol. The second-order valence-electron chi connectivity index (χ2n) is 6.41. The number of amides is 1. The van der Waals surface area contributed by atoms with Gasteiger partial charge in [-0.1, -0.05) is 0 Å². The maximum atomic E-state index is 14.0. The lowest BCUT2D eigenvalue weighted by Gasteiger charge is -2.30. The van der Waals surface area contributed by atoms with Crippen LogP contribution in [0.2, 0.25) is 0 Å². The van der Waals surface area contributed by atoms with Gasteiger partial charge in [0, 0.05) is 13.1 Å². The van der Waals surface area contributed by atoms with Crippen molar-refractivity contribution >= 4 is 29.2 Å². The number of fused-ring (bicyclic) bond motifs is 2. The van der Waals surface area contributed by atoms with Gasteiger partial charge in [0.05, 0.1) is 30.8 Å². The Morgan fingerprint density at radius 1 is 1.11 bits per heavy atom. The minimum absolute atomic E-state index is 0.245. The number of nitrogens with one attached hydrogen (secondary N) is 2. The van der Waals surface area contributed by atoms with Crippen LogP contribution in [0, 0.1) is 10.6 Å². The topological polar surface area (TPSA) is 70.3 Å². The summed E-state index contributed by atoms with van der Waals surface area (Å²) >= 11 is 5.08. The van der Waals surface area contributed by atoms with Gasteiger partial charge in [-0.25, -0.2) is 4.39 Å². The molecule has 0 aliphatic carbocycles. The number of hydrogen-bond donors (Lipinski definition) is 2. The normalized spacial score (nSPS) is 13.5. The van der Waals surface area contributed by atoms with Gasteiger partial charge < -0.3 is 24.3 Å². The molecule has 1 aromatic heterocycles. The zero-order valence-corrected chi connectivity index (χ0v) is 15.7. The number of aromatic nitrogens is 2.